The van der Waals surface area contributed by atoms with Gasteiger partial charge in [-0.2, -0.15) is 0 Å². The van der Waals surface area contributed by atoms with Crippen molar-refractivity contribution in [2.24, 2.45) is 5.92 Å². The maximum atomic E-state index is 13.5. The molecule has 0 bridgehead atoms. The molecule has 0 radical (unpaired) electrons. The van der Waals surface area contributed by atoms with Crippen LogP contribution in [0, 0.1) is 5.92 Å². The second kappa shape index (κ2) is 18.3. The van der Waals surface area contributed by atoms with Gasteiger partial charge in [-0.05, 0) is 82.2 Å². The van der Waals surface area contributed by atoms with Crippen molar-refractivity contribution in [3.63, 3.8) is 0 Å². The Bertz CT molecular complexity index is 966. The van der Waals surface area contributed by atoms with Gasteiger partial charge in [-0.1, -0.05) is 70.4 Å². The van der Waals surface area contributed by atoms with Crippen molar-refractivity contribution < 1.29 is 19.4 Å². The third kappa shape index (κ3) is 12.1. The summed E-state index contributed by atoms with van der Waals surface area (Å²) in [5, 5.41) is 16.2. The third-order valence-corrected chi connectivity index (χ3v) is 6.91. The van der Waals surface area contributed by atoms with Crippen molar-refractivity contribution in [2.45, 2.75) is 105 Å². The van der Waals surface area contributed by atoms with Crippen LogP contribution in [0.5, 0.6) is 0 Å². The predicted octanol–water partition coefficient (Wildman–Crippen LogP) is 7.53. The molecule has 0 aromatic rings. The molecule has 6 nitrogen and oxygen atoms in total. The highest BCUT2D eigenvalue weighted by atomic mass is 16.5. The molecule has 0 heterocycles. The second-order valence-electron chi connectivity index (χ2n) is 10.6. The molecule has 6 heteroatoms. The third-order valence-electron chi connectivity index (χ3n) is 6.91. The van der Waals surface area contributed by atoms with Crippen LogP contribution >= 0.6 is 0 Å². The van der Waals surface area contributed by atoms with Gasteiger partial charge >= 0.3 is 5.97 Å². The Morgan fingerprint density at radius 1 is 1.13 bits per heavy atom. The molecule has 0 spiro atoms. The highest BCUT2D eigenvalue weighted by Gasteiger charge is 2.30. The summed E-state index contributed by atoms with van der Waals surface area (Å²) in [5.74, 6) is -0.671. The van der Waals surface area contributed by atoms with Crippen LogP contribution in [0.2, 0.25) is 0 Å². The molecule has 1 aliphatic carbocycles. The molecule has 0 aromatic heterocycles. The number of ether oxygens (including phenoxy) is 1. The van der Waals surface area contributed by atoms with E-state index in [1.807, 2.05) is 38.2 Å². The number of carbonyl (C=O) groups is 2. The topological polar surface area (TPSA) is 87.7 Å². The maximum absolute atomic E-state index is 13.5. The van der Waals surface area contributed by atoms with Crippen LogP contribution in [0.3, 0.4) is 0 Å². The zero-order chi connectivity index (χ0) is 29.3. The van der Waals surface area contributed by atoms with Gasteiger partial charge in [0.1, 0.15) is 5.76 Å². The quantitative estimate of drug-likeness (QED) is 0.0895. The molecule has 1 atom stereocenters. The van der Waals surface area contributed by atoms with Crippen LogP contribution in [0.1, 0.15) is 99.3 Å². The Balaban J connectivity index is 2.97. The second-order valence-corrected chi connectivity index (χ2v) is 10.6. The number of aliphatic carboxylic acids is 1. The number of carboxylic acid groups (broad SMARTS) is 1. The number of nitrogens with one attached hydrogen (secondary N) is 2. The number of carbonyl (C=O) groups excluding carboxylic acids is 1. The Hall–Kier alpha value is -3.02. The molecule has 39 heavy (non-hydrogen) atoms. The molecule has 218 valence electrons. The summed E-state index contributed by atoms with van der Waals surface area (Å²) in [4.78, 5) is 25.0. The average Bonchev–Trinajstić information content (AvgIpc) is 3.06. The fourth-order valence-electron chi connectivity index (χ4n) is 4.45. The van der Waals surface area contributed by atoms with Crippen LogP contribution < -0.4 is 10.6 Å². The van der Waals surface area contributed by atoms with Crippen LogP contribution in [0.15, 0.2) is 71.2 Å². The summed E-state index contributed by atoms with van der Waals surface area (Å²) in [6, 6.07) is 0. The molecule has 0 saturated heterocycles. The largest absolute Gasteiger partial charge is 0.478 e. The lowest BCUT2D eigenvalue weighted by Gasteiger charge is -2.23. The van der Waals surface area contributed by atoms with E-state index in [2.05, 4.69) is 43.2 Å². The monoisotopic (exact) mass is 540 g/mol. The van der Waals surface area contributed by atoms with Crippen molar-refractivity contribution in [3.8, 4) is 0 Å². The molecular formula is C33H52N2O4. The first-order valence-electron chi connectivity index (χ1n) is 14.6. The van der Waals surface area contributed by atoms with E-state index >= 15 is 0 Å². The fourth-order valence-corrected chi connectivity index (χ4v) is 4.45. The van der Waals surface area contributed by atoms with E-state index in [-0.39, 0.29) is 11.8 Å². The summed E-state index contributed by atoms with van der Waals surface area (Å²) in [5.41, 5.74) is 2.90. The van der Waals surface area contributed by atoms with Crippen molar-refractivity contribution >= 4 is 11.9 Å². The van der Waals surface area contributed by atoms with Gasteiger partial charge in [-0.15, -0.1) is 0 Å². The smallest absolute Gasteiger partial charge is 0.347 e. The van der Waals surface area contributed by atoms with Gasteiger partial charge in [0.05, 0.1) is 5.92 Å². The van der Waals surface area contributed by atoms with E-state index in [4.69, 9.17) is 4.74 Å². The molecule has 1 unspecified atom stereocenters. The number of hydrogen-bond acceptors (Lipinski definition) is 4. The minimum absolute atomic E-state index is 0.0351. The van der Waals surface area contributed by atoms with Gasteiger partial charge in [0.25, 0.3) is 0 Å². The molecular weight excluding hydrogens is 488 g/mol. The first kappa shape index (κ1) is 34.0. The minimum atomic E-state index is -1.30. The van der Waals surface area contributed by atoms with Gasteiger partial charge in [0.2, 0.25) is 5.91 Å². The summed E-state index contributed by atoms with van der Waals surface area (Å²) < 4.78 is 5.74. The fraction of sp³-hybridized carbons (Fsp3) is 0.576. The number of hydrogen-bond donors (Lipinski definition) is 3. The van der Waals surface area contributed by atoms with Crippen LogP contribution in [0.4, 0.5) is 0 Å². The van der Waals surface area contributed by atoms with Crippen molar-refractivity contribution in [2.75, 3.05) is 13.1 Å². The summed E-state index contributed by atoms with van der Waals surface area (Å²) in [6.07, 6.45) is 20.2. The number of carboxylic acids is 1. The molecule has 0 saturated carbocycles. The Morgan fingerprint density at radius 2 is 1.85 bits per heavy atom. The molecule has 1 rings (SSSR count). The summed E-state index contributed by atoms with van der Waals surface area (Å²) >= 11 is 0. The predicted molar refractivity (Wildman–Crippen MR) is 162 cm³/mol. The molecule has 1 aliphatic rings. The lowest BCUT2D eigenvalue weighted by atomic mass is 9.89. The van der Waals surface area contributed by atoms with Crippen molar-refractivity contribution in [3.05, 3.63) is 71.2 Å². The normalized spacial score (nSPS) is 15.4. The van der Waals surface area contributed by atoms with Gasteiger partial charge in [-0.25, -0.2) is 4.79 Å². The molecule has 3 N–H and O–H groups in total. The van der Waals surface area contributed by atoms with Crippen molar-refractivity contribution in [1.29, 1.82) is 0 Å². The Morgan fingerprint density at radius 3 is 2.46 bits per heavy atom. The number of rotatable bonds is 19. The molecule has 0 aromatic carbocycles. The van der Waals surface area contributed by atoms with Crippen LogP contribution in [0.25, 0.3) is 0 Å². The minimum Gasteiger partial charge on any atom is -0.478 e. The number of amides is 1. The van der Waals surface area contributed by atoms with E-state index in [1.165, 1.54) is 12.8 Å². The van der Waals surface area contributed by atoms with Gasteiger partial charge in [0.15, 0.2) is 5.60 Å². The van der Waals surface area contributed by atoms with E-state index in [1.54, 1.807) is 13.8 Å². The van der Waals surface area contributed by atoms with E-state index < -0.39 is 11.6 Å². The van der Waals surface area contributed by atoms with E-state index in [9.17, 15) is 14.7 Å². The summed E-state index contributed by atoms with van der Waals surface area (Å²) in [7, 11) is 0. The Labute approximate surface area is 237 Å². The van der Waals surface area contributed by atoms with Crippen LogP contribution in [-0.4, -0.2) is 35.7 Å². The number of allylic oxidation sites excluding steroid dienone is 7. The molecule has 0 aliphatic heterocycles. The van der Waals surface area contributed by atoms with Gasteiger partial charge in [0, 0.05) is 25.2 Å². The van der Waals surface area contributed by atoms with Gasteiger partial charge in [-0.3, -0.25) is 4.79 Å². The highest BCUT2D eigenvalue weighted by molar-refractivity contribution is 5.82. The average molecular weight is 541 g/mol. The zero-order valence-electron chi connectivity index (χ0n) is 25.2. The van der Waals surface area contributed by atoms with Gasteiger partial charge < -0.3 is 20.5 Å². The lowest BCUT2D eigenvalue weighted by Crippen LogP contribution is -2.34. The van der Waals surface area contributed by atoms with Crippen molar-refractivity contribution in [1.82, 2.24) is 10.6 Å². The van der Waals surface area contributed by atoms with E-state index in [0.717, 1.165) is 61.1 Å². The standard InChI is InChI=1S/C33H52N2O4/c1-8-12-15-22-34-30(20-14-10-3)28(11-4)29(19-13-9-2)31(36)35-23-21-26-17-16-18-27(24-25(26)5)39-33(6,7)32(37)38/h10-11,14,17-18,24,29,34H,4,8-9,12-13,15-16,19-23H2,1-3,5-7H3,(H,35,36)(H,37,38)/b14-10-,30-28-. The maximum Gasteiger partial charge on any atom is 0.347 e. The SMILES string of the molecule is C=C/C(=C(\C/C=C\C)NCCCCC)C(CCCC)C(=O)NCCC1=CCC=C(OC(C)(C)C(=O)O)C=C1C. The molecule has 1 amide bonds. The first-order valence-corrected chi connectivity index (χ1v) is 14.6. The first-order chi connectivity index (χ1) is 18.6. The van der Waals surface area contributed by atoms with E-state index in [0.29, 0.717) is 25.1 Å². The lowest BCUT2D eigenvalue weighted by molar-refractivity contribution is -0.156. The summed E-state index contributed by atoms with van der Waals surface area (Å²) in [6.45, 7) is 16.9. The highest BCUT2D eigenvalue weighted by Crippen LogP contribution is 2.26. The molecule has 0 fully saturated rings. The zero-order valence-corrected chi connectivity index (χ0v) is 25.2. The Kier molecular flexibility index (Phi) is 16.0. The van der Waals surface area contributed by atoms with Crippen LogP contribution in [-0.2, 0) is 14.3 Å². The number of unbranched alkanes of at least 4 members (excludes halogenated alkanes) is 3.